The first kappa shape index (κ1) is 15.7. The van der Waals surface area contributed by atoms with E-state index >= 15 is 0 Å². The average Bonchev–Trinajstić information content (AvgIpc) is 2.91. The number of rotatable bonds is 7. The maximum atomic E-state index is 12.0. The van der Waals surface area contributed by atoms with Crippen LogP contribution in [-0.2, 0) is 22.2 Å². The number of thiophene rings is 1. The SMILES string of the molecule is O=C(O)c1cccc(CS(=O)(=O)NCCc2ccsc2)c1. The van der Waals surface area contributed by atoms with Gasteiger partial charge in [-0.1, -0.05) is 12.1 Å². The Morgan fingerprint density at radius 2 is 2.05 bits per heavy atom. The fraction of sp³-hybridized carbons (Fsp3) is 0.214. The van der Waals surface area contributed by atoms with E-state index in [-0.39, 0.29) is 11.3 Å². The quantitative estimate of drug-likeness (QED) is 0.816. The molecule has 0 fully saturated rings. The third-order valence-electron chi connectivity index (χ3n) is 2.85. The van der Waals surface area contributed by atoms with E-state index in [4.69, 9.17) is 5.11 Å². The van der Waals surface area contributed by atoms with Crippen molar-refractivity contribution in [2.75, 3.05) is 6.54 Å². The van der Waals surface area contributed by atoms with Gasteiger partial charge in [-0.15, -0.1) is 0 Å². The summed E-state index contributed by atoms with van der Waals surface area (Å²) in [6.45, 7) is 0.331. The number of carboxylic acids is 1. The molecule has 1 aromatic carbocycles. The Morgan fingerprint density at radius 3 is 2.71 bits per heavy atom. The number of carboxylic acid groups (broad SMARTS) is 1. The Hall–Kier alpha value is -1.70. The molecule has 2 N–H and O–H groups in total. The molecule has 2 rings (SSSR count). The first-order valence-corrected chi connectivity index (χ1v) is 8.86. The van der Waals surface area contributed by atoms with Gasteiger partial charge in [0, 0.05) is 6.54 Å². The molecule has 1 heterocycles. The van der Waals surface area contributed by atoms with Crippen LogP contribution >= 0.6 is 11.3 Å². The van der Waals surface area contributed by atoms with Crippen LogP contribution in [0.2, 0.25) is 0 Å². The van der Waals surface area contributed by atoms with Crippen molar-refractivity contribution in [3.05, 3.63) is 57.8 Å². The van der Waals surface area contributed by atoms with E-state index in [0.29, 0.717) is 18.5 Å². The van der Waals surface area contributed by atoms with E-state index in [9.17, 15) is 13.2 Å². The van der Waals surface area contributed by atoms with Crippen molar-refractivity contribution in [3.8, 4) is 0 Å². The van der Waals surface area contributed by atoms with Crippen LogP contribution in [0.15, 0.2) is 41.1 Å². The zero-order valence-electron chi connectivity index (χ0n) is 11.2. The highest BCUT2D eigenvalue weighted by Gasteiger charge is 2.12. The minimum absolute atomic E-state index is 0.0842. The van der Waals surface area contributed by atoms with Crippen LogP contribution in [0.4, 0.5) is 0 Å². The lowest BCUT2D eigenvalue weighted by atomic mass is 10.1. The highest BCUT2D eigenvalue weighted by atomic mass is 32.2. The minimum Gasteiger partial charge on any atom is -0.478 e. The maximum absolute atomic E-state index is 12.0. The van der Waals surface area contributed by atoms with Crippen molar-refractivity contribution in [1.29, 1.82) is 0 Å². The zero-order chi connectivity index (χ0) is 15.3. The number of sulfonamides is 1. The third-order valence-corrected chi connectivity index (χ3v) is 4.94. The van der Waals surface area contributed by atoms with Crippen molar-refractivity contribution >= 4 is 27.3 Å². The van der Waals surface area contributed by atoms with Gasteiger partial charge in [-0.2, -0.15) is 11.3 Å². The van der Waals surface area contributed by atoms with Crippen LogP contribution < -0.4 is 4.72 Å². The van der Waals surface area contributed by atoms with Crippen LogP contribution in [0.25, 0.3) is 0 Å². The summed E-state index contributed by atoms with van der Waals surface area (Å²) < 4.78 is 26.4. The van der Waals surface area contributed by atoms with Crippen LogP contribution in [0.3, 0.4) is 0 Å². The Kier molecular flexibility index (Phi) is 5.11. The Morgan fingerprint density at radius 1 is 1.24 bits per heavy atom. The number of aromatic carboxylic acids is 1. The van der Waals surface area contributed by atoms with E-state index in [1.165, 1.54) is 12.1 Å². The summed E-state index contributed by atoms with van der Waals surface area (Å²) in [5, 5.41) is 12.8. The normalized spacial score (nSPS) is 11.4. The highest BCUT2D eigenvalue weighted by molar-refractivity contribution is 7.88. The molecular weight excluding hydrogens is 310 g/mol. The van der Waals surface area contributed by atoms with Crippen LogP contribution in [0.5, 0.6) is 0 Å². The minimum atomic E-state index is -3.47. The van der Waals surface area contributed by atoms with Gasteiger partial charge in [-0.05, 0) is 46.5 Å². The van der Waals surface area contributed by atoms with E-state index in [0.717, 1.165) is 5.56 Å². The molecule has 0 unspecified atom stereocenters. The van der Waals surface area contributed by atoms with Crippen molar-refractivity contribution in [3.63, 3.8) is 0 Å². The lowest BCUT2D eigenvalue weighted by Crippen LogP contribution is -2.27. The lowest BCUT2D eigenvalue weighted by molar-refractivity contribution is 0.0696. The van der Waals surface area contributed by atoms with Gasteiger partial charge >= 0.3 is 5.97 Å². The van der Waals surface area contributed by atoms with Gasteiger partial charge in [0.15, 0.2) is 0 Å². The van der Waals surface area contributed by atoms with Gasteiger partial charge in [-0.3, -0.25) is 0 Å². The Labute approximate surface area is 127 Å². The van der Waals surface area contributed by atoms with Gasteiger partial charge in [-0.25, -0.2) is 17.9 Å². The monoisotopic (exact) mass is 325 g/mol. The number of hydrogen-bond acceptors (Lipinski definition) is 4. The molecule has 0 amide bonds. The molecule has 1 aromatic heterocycles. The summed E-state index contributed by atoms with van der Waals surface area (Å²) >= 11 is 1.57. The second-order valence-electron chi connectivity index (χ2n) is 4.54. The fourth-order valence-corrected chi connectivity index (χ4v) is 3.69. The molecule has 21 heavy (non-hydrogen) atoms. The number of nitrogens with one attached hydrogen (secondary N) is 1. The molecule has 7 heteroatoms. The van der Waals surface area contributed by atoms with E-state index in [1.807, 2.05) is 16.8 Å². The van der Waals surface area contributed by atoms with E-state index in [1.54, 1.807) is 23.5 Å². The van der Waals surface area contributed by atoms with Crippen molar-refractivity contribution in [1.82, 2.24) is 4.72 Å². The first-order chi connectivity index (χ1) is 9.96. The fourth-order valence-electron chi connectivity index (χ4n) is 1.85. The smallest absolute Gasteiger partial charge is 0.335 e. The molecule has 0 aliphatic rings. The lowest BCUT2D eigenvalue weighted by Gasteiger charge is -2.07. The second kappa shape index (κ2) is 6.84. The summed E-state index contributed by atoms with van der Waals surface area (Å²) in [7, 11) is -3.47. The number of hydrogen-bond donors (Lipinski definition) is 2. The molecular formula is C14H15NO4S2. The van der Waals surface area contributed by atoms with E-state index in [2.05, 4.69) is 4.72 Å². The zero-order valence-corrected chi connectivity index (χ0v) is 12.8. The Bertz CT molecular complexity index is 708. The standard InChI is InChI=1S/C14H15NO4S2/c16-14(17)13-3-1-2-12(8-13)10-21(18,19)15-6-4-11-5-7-20-9-11/h1-3,5,7-9,15H,4,6,10H2,(H,16,17). The predicted molar refractivity (Wildman–Crippen MR) is 82.1 cm³/mol. The molecule has 0 saturated heterocycles. The maximum Gasteiger partial charge on any atom is 0.335 e. The van der Waals surface area contributed by atoms with Gasteiger partial charge in [0.2, 0.25) is 10.0 Å². The molecule has 0 bridgehead atoms. The predicted octanol–water partition coefficient (Wildman–Crippen LogP) is 2.11. The largest absolute Gasteiger partial charge is 0.478 e. The molecule has 5 nitrogen and oxygen atoms in total. The van der Waals surface area contributed by atoms with Crippen LogP contribution in [0.1, 0.15) is 21.5 Å². The summed E-state index contributed by atoms with van der Waals surface area (Å²) in [6, 6.07) is 7.91. The number of carbonyl (C=O) groups is 1. The summed E-state index contributed by atoms with van der Waals surface area (Å²) in [5.41, 5.74) is 1.63. The van der Waals surface area contributed by atoms with Crippen LogP contribution in [0, 0.1) is 0 Å². The first-order valence-electron chi connectivity index (χ1n) is 6.27. The summed E-state index contributed by atoms with van der Waals surface area (Å²) in [4.78, 5) is 10.9. The highest BCUT2D eigenvalue weighted by Crippen LogP contribution is 2.09. The molecule has 0 aliphatic carbocycles. The van der Waals surface area contributed by atoms with Crippen molar-refractivity contribution in [2.24, 2.45) is 0 Å². The third kappa shape index (κ3) is 4.96. The van der Waals surface area contributed by atoms with Gasteiger partial charge in [0.25, 0.3) is 0 Å². The van der Waals surface area contributed by atoms with Crippen molar-refractivity contribution < 1.29 is 18.3 Å². The molecule has 0 atom stereocenters. The van der Waals surface area contributed by atoms with Gasteiger partial charge in [0.05, 0.1) is 11.3 Å². The average molecular weight is 325 g/mol. The topological polar surface area (TPSA) is 83.5 Å². The number of benzene rings is 1. The van der Waals surface area contributed by atoms with Gasteiger partial charge < -0.3 is 5.11 Å². The molecule has 0 saturated carbocycles. The van der Waals surface area contributed by atoms with Gasteiger partial charge in [0.1, 0.15) is 0 Å². The van der Waals surface area contributed by atoms with E-state index < -0.39 is 16.0 Å². The summed E-state index contributed by atoms with van der Waals surface area (Å²) in [6.07, 6.45) is 0.637. The molecule has 112 valence electrons. The Balaban J connectivity index is 1.94. The van der Waals surface area contributed by atoms with Crippen molar-refractivity contribution in [2.45, 2.75) is 12.2 Å². The molecule has 0 aliphatic heterocycles. The summed E-state index contributed by atoms with van der Waals surface area (Å²) in [5.74, 6) is -1.29. The molecule has 2 aromatic rings. The second-order valence-corrected chi connectivity index (χ2v) is 7.13. The van der Waals surface area contributed by atoms with Crippen LogP contribution in [-0.4, -0.2) is 26.0 Å². The molecule has 0 radical (unpaired) electrons. The molecule has 0 spiro atoms.